The minimum atomic E-state index is -4.16. The van der Waals surface area contributed by atoms with Gasteiger partial charge in [-0.05, 0) is 80.3 Å². The van der Waals surface area contributed by atoms with Crippen LogP contribution in [0.15, 0.2) is 71.6 Å². The zero-order valence-electron chi connectivity index (χ0n) is 23.3. The van der Waals surface area contributed by atoms with E-state index >= 15 is 0 Å². The first-order chi connectivity index (χ1) is 18.8. The molecular weight excluding hydrogens is 569 g/mol. The van der Waals surface area contributed by atoms with E-state index in [2.05, 4.69) is 5.32 Å². The van der Waals surface area contributed by atoms with E-state index in [1.807, 2.05) is 20.8 Å². The summed E-state index contributed by atoms with van der Waals surface area (Å²) < 4.78 is 29.0. The van der Waals surface area contributed by atoms with E-state index in [0.717, 1.165) is 15.4 Å². The molecule has 0 saturated heterocycles. The number of carbonyl (C=O) groups excluding carboxylic acids is 2. The molecule has 1 N–H and O–H groups in total. The summed E-state index contributed by atoms with van der Waals surface area (Å²) in [5, 5.41) is 3.86. The Bertz CT molecular complexity index is 1440. The molecule has 1 atom stereocenters. The van der Waals surface area contributed by atoms with Crippen LogP contribution >= 0.6 is 23.2 Å². The summed E-state index contributed by atoms with van der Waals surface area (Å²) in [7, 11) is -4.16. The van der Waals surface area contributed by atoms with Crippen LogP contribution in [0.5, 0.6) is 0 Å². The molecule has 214 valence electrons. The van der Waals surface area contributed by atoms with Crippen molar-refractivity contribution in [3.05, 3.63) is 93.5 Å². The Morgan fingerprint density at radius 1 is 0.875 bits per heavy atom. The lowest BCUT2D eigenvalue weighted by Crippen LogP contribution is -2.51. The van der Waals surface area contributed by atoms with Gasteiger partial charge in [0.25, 0.3) is 10.0 Å². The van der Waals surface area contributed by atoms with Crippen molar-refractivity contribution in [3.8, 4) is 0 Å². The van der Waals surface area contributed by atoms with E-state index < -0.39 is 28.5 Å². The van der Waals surface area contributed by atoms with Gasteiger partial charge in [-0.25, -0.2) is 8.42 Å². The van der Waals surface area contributed by atoms with Crippen molar-refractivity contribution < 1.29 is 18.0 Å². The molecular formula is C30H35Cl2N3O4S. The summed E-state index contributed by atoms with van der Waals surface area (Å²) in [5.74, 6) is -0.640. The van der Waals surface area contributed by atoms with Crippen molar-refractivity contribution in [1.82, 2.24) is 10.2 Å². The molecule has 0 aliphatic heterocycles. The average molecular weight is 605 g/mol. The van der Waals surface area contributed by atoms with Crippen LogP contribution in [0.3, 0.4) is 0 Å². The largest absolute Gasteiger partial charge is 0.354 e. The highest BCUT2D eigenvalue weighted by atomic mass is 35.5. The number of halogens is 2. The van der Waals surface area contributed by atoms with Gasteiger partial charge in [-0.1, -0.05) is 66.9 Å². The molecule has 1 unspecified atom stereocenters. The smallest absolute Gasteiger partial charge is 0.264 e. The van der Waals surface area contributed by atoms with E-state index in [9.17, 15) is 18.0 Å². The summed E-state index contributed by atoms with van der Waals surface area (Å²) in [6, 6.07) is 17.3. The molecule has 3 aromatic carbocycles. The first-order valence-electron chi connectivity index (χ1n) is 13.0. The fraction of sp³-hybridized carbons (Fsp3) is 0.333. The SMILES string of the molecule is Cc1ccc(S(=O)(=O)N(CC(=O)N(Cc2ccc(Cl)cc2)C(C)C(=O)NCC(C)C)c2ccc(Cl)cc2C)cc1. The van der Waals surface area contributed by atoms with Crippen molar-refractivity contribution >= 4 is 50.7 Å². The maximum atomic E-state index is 14.0. The van der Waals surface area contributed by atoms with Crippen molar-refractivity contribution in [2.24, 2.45) is 5.92 Å². The molecule has 40 heavy (non-hydrogen) atoms. The normalized spacial score (nSPS) is 12.2. The van der Waals surface area contributed by atoms with Gasteiger partial charge in [0.15, 0.2) is 0 Å². The highest BCUT2D eigenvalue weighted by molar-refractivity contribution is 7.92. The number of anilines is 1. The van der Waals surface area contributed by atoms with Gasteiger partial charge in [0.1, 0.15) is 12.6 Å². The summed E-state index contributed by atoms with van der Waals surface area (Å²) in [5.41, 5.74) is 2.56. The van der Waals surface area contributed by atoms with Gasteiger partial charge < -0.3 is 10.2 Å². The summed E-state index contributed by atoms with van der Waals surface area (Å²) in [6.45, 7) is 9.20. The molecule has 3 aromatic rings. The Morgan fingerprint density at radius 3 is 2.05 bits per heavy atom. The van der Waals surface area contributed by atoms with Crippen LogP contribution in [-0.4, -0.2) is 44.3 Å². The van der Waals surface area contributed by atoms with Crippen LogP contribution in [0.2, 0.25) is 10.0 Å². The molecule has 10 heteroatoms. The van der Waals surface area contributed by atoms with Crippen molar-refractivity contribution in [1.29, 1.82) is 0 Å². The van der Waals surface area contributed by atoms with Gasteiger partial charge in [0, 0.05) is 23.1 Å². The number of carbonyl (C=O) groups is 2. The van der Waals surface area contributed by atoms with E-state index in [4.69, 9.17) is 23.2 Å². The molecule has 0 radical (unpaired) electrons. The molecule has 0 saturated carbocycles. The number of benzene rings is 3. The maximum Gasteiger partial charge on any atom is 0.264 e. The molecule has 7 nitrogen and oxygen atoms in total. The van der Waals surface area contributed by atoms with Crippen molar-refractivity contribution in [3.63, 3.8) is 0 Å². The zero-order valence-corrected chi connectivity index (χ0v) is 25.6. The molecule has 0 fully saturated rings. The van der Waals surface area contributed by atoms with Gasteiger partial charge in [0.2, 0.25) is 11.8 Å². The highest BCUT2D eigenvalue weighted by Crippen LogP contribution is 2.29. The Balaban J connectivity index is 2.04. The molecule has 0 aromatic heterocycles. The number of amides is 2. The summed E-state index contributed by atoms with van der Waals surface area (Å²) >= 11 is 12.2. The Morgan fingerprint density at radius 2 is 1.48 bits per heavy atom. The topological polar surface area (TPSA) is 86.8 Å². The van der Waals surface area contributed by atoms with E-state index in [-0.39, 0.29) is 23.3 Å². The van der Waals surface area contributed by atoms with Crippen LogP contribution in [0.1, 0.15) is 37.5 Å². The molecule has 3 rings (SSSR count). The van der Waals surface area contributed by atoms with Crippen LogP contribution in [-0.2, 0) is 26.2 Å². The van der Waals surface area contributed by atoms with Crippen molar-refractivity contribution in [2.45, 2.75) is 52.1 Å². The highest BCUT2D eigenvalue weighted by Gasteiger charge is 2.33. The third-order valence-corrected chi connectivity index (χ3v) is 8.69. The molecule has 0 aliphatic rings. The Labute approximate surface area is 247 Å². The van der Waals surface area contributed by atoms with Crippen LogP contribution in [0.25, 0.3) is 0 Å². The monoisotopic (exact) mass is 603 g/mol. The van der Waals surface area contributed by atoms with Gasteiger partial charge in [-0.15, -0.1) is 0 Å². The molecule has 0 aliphatic carbocycles. The Kier molecular flexibility index (Phi) is 10.6. The predicted molar refractivity (Wildman–Crippen MR) is 161 cm³/mol. The second kappa shape index (κ2) is 13.5. The fourth-order valence-electron chi connectivity index (χ4n) is 4.07. The van der Waals surface area contributed by atoms with Crippen molar-refractivity contribution in [2.75, 3.05) is 17.4 Å². The number of nitrogens with one attached hydrogen (secondary N) is 1. The number of aryl methyl sites for hydroxylation is 2. The number of hydrogen-bond donors (Lipinski definition) is 1. The lowest BCUT2D eigenvalue weighted by Gasteiger charge is -2.32. The van der Waals surface area contributed by atoms with Gasteiger partial charge in [-0.3, -0.25) is 13.9 Å². The number of hydrogen-bond acceptors (Lipinski definition) is 4. The van der Waals surface area contributed by atoms with E-state index in [1.54, 1.807) is 68.4 Å². The van der Waals surface area contributed by atoms with E-state index in [0.29, 0.717) is 27.8 Å². The van der Waals surface area contributed by atoms with Crippen LogP contribution < -0.4 is 9.62 Å². The zero-order chi connectivity index (χ0) is 29.6. The minimum Gasteiger partial charge on any atom is -0.354 e. The van der Waals surface area contributed by atoms with E-state index in [1.165, 1.54) is 17.0 Å². The lowest BCUT2D eigenvalue weighted by atomic mass is 10.1. The number of rotatable bonds is 11. The van der Waals surface area contributed by atoms with Gasteiger partial charge in [-0.2, -0.15) is 0 Å². The van der Waals surface area contributed by atoms with Crippen LogP contribution in [0.4, 0.5) is 5.69 Å². The standard InChI is InChI=1S/C30H35Cl2N3O4S/c1-20(2)17-33-30(37)23(5)34(18-24-8-10-25(31)11-9-24)29(36)19-35(28-15-12-26(32)16-22(28)4)40(38,39)27-13-6-21(3)7-14-27/h6-16,20,23H,17-19H2,1-5H3,(H,33,37). The van der Waals surface area contributed by atoms with Crippen LogP contribution in [0, 0.1) is 19.8 Å². The molecule has 0 heterocycles. The summed E-state index contributed by atoms with van der Waals surface area (Å²) in [6.07, 6.45) is 0. The summed E-state index contributed by atoms with van der Waals surface area (Å²) in [4.78, 5) is 28.5. The second-order valence-corrected chi connectivity index (χ2v) is 13.0. The molecule has 2 amide bonds. The lowest BCUT2D eigenvalue weighted by molar-refractivity contribution is -0.139. The number of nitrogens with zero attached hydrogens (tertiary/aromatic N) is 2. The fourth-order valence-corrected chi connectivity index (χ4v) is 5.90. The first-order valence-corrected chi connectivity index (χ1v) is 15.2. The average Bonchev–Trinajstić information content (AvgIpc) is 2.90. The molecule has 0 spiro atoms. The molecule has 0 bridgehead atoms. The third-order valence-electron chi connectivity index (χ3n) is 6.43. The van der Waals surface area contributed by atoms with Gasteiger partial charge >= 0.3 is 0 Å². The first kappa shape index (κ1) is 31.5. The minimum absolute atomic E-state index is 0.0484. The maximum absolute atomic E-state index is 14.0. The Hall–Kier alpha value is -3.07. The number of sulfonamides is 1. The quantitative estimate of drug-likeness (QED) is 0.291. The third kappa shape index (κ3) is 7.99. The predicted octanol–water partition coefficient (Wildman–Crippen LogP) is 6.00. The second-order valence-electron chi connectivity index (χ2n) is 10.2. The van der Waals surface area contributed by atoms with Gasteiger partial charge in [0.05, 0.1) is 10.6 Å².